The Morgan fingerprint density at radius 1 is 0.819 bits per heavy atom. The van der Waals surface area contributed by atoms with E-state index in [2.05, 4.69) is 22.2 Å². The standard InChI is InChI=1S/C62H101N5O16/c1-40-16-12-11-13-17-41(2)52(76-8)38-47-21-19-45(6)62(75,83-47)58(71)59(72)67-24-15-14-18-49(67)60(73)81-53(39-50(68)42(3)35-44(5)56(70)57(78-10)55(69)43(4)34-40)48(63)36-46-20-22-51(54(37-46)77-9)82-61(74)64-23-30-79-32-33-80-31-29-66-27-25-65(7)26-28-66/h11-13,16-17,35,40,42-43,45-49,51-54,56-57,70,75H,14-15,18-34,36-39,63H2,1-10H3,(H,64,74)/b13-11?,16-12+,41-17?,44-35+/t40-,42-,43-,45-,46+,47+,48-,49+,51-,52+,53+,54-,56-,57+,62-/m1/s1. The number of carbonyl (C=O) groups is 6. The largest absolute Gasteiger partial charge is 0.459 e. The van der Waals surface area contributed by atoms with Crippen LogP contribution in [0.1, 0.15) is 119 Å². The Bertz CT molecular complexity index is 2220. The van der Waals surface area contributed by atoms with Crippen LogP contribution in [0.4, 0.5) is 4.79 Å². The van der Waals surface area contributed by atoms with Gasteiger partial charge in [0.05, 0.1) is 44.7 Å². The Morgan fingerprint density at radius 2 is 1.54 bits per heavy atom. The van der Waals surface area contributed by atoms with E-state index in [1.54, 1.807) is 48.0 Å². The number of carbonyl (C=O) groups excluding carboxylic acids is 6. The van der Waals surface area contributed by atoms with E-state index in [1.807, 2.05) is 44.2 Å². The second-order valence-electron chi connectivity index (χ2n) is 24.0. The molecule has 1 saturated carbocycles. The van der Waals surface area contributed by atoms with Crippen molar-refractivity contribution in [2.75, 3.05) is 101 Å². The van der Waals surface area contributed by atoms with Crippen LogP contribution in [0.15, 0.2) is 47.6 Å². The number of hydrogen-bond acceptors (Lipinski definition) is 19. The summed E-state index contributed by atoms with van der Waals surface area (Å²) in [6, 6.07) is -2.15. The van der Waals surface area contributed by atoms with E-state index >= 15 is 0 Å². The van der Waals surface area contributed by atoms with Crippen molar-refractivity contribution in [3.05, 3.63) is 47.6 Å². The van der Waals surface area contributed by atoms with E-state index in [0.29, 0.717) is 76.8 Å². The van der Waals surface area contributed by atoms with Crippen LogP contribution in [0.5, 0.6) is 0 Å². The molecule has 0 spiro atoms. The van der Waals surface area contributed by atoms with Gasteiger partial charge in [-0.1, -0.05) is 64.2 Å². The lowest BCUT2D eigenvalue weighted by atomic mass is 9.80. The zero-order chi connectivity index (χ0) is 60.8. The molecule has 21 nitrogen and oxygen atoms in total. The number of esters is 1. The van der Waals surface area contributed by atoms with Gasteiger partial charge in [-0.3, -0.25) is 24.1 Å². The normalized spacial score (nSPS) is 34.7. The minimum absolute atomic E-state index is 0.0112. The summed E-state index contributed by atoms with van der Waals surface area (Å²) in [5.74, 6) is -8.45. The number of nitrogens with one attached hydrogen (secondary N) is 1. The molecule has 0 aromatic heterocycles. The van der Waals surface area contributed by atoms with Crippen molar-refractivity contribution in [3.8, 4) is 0 Å². The Kier molecular flexibility index (Phi) is 29.1. The maximum atomic E-state index is 14.6. The average Bonchev–Trinajstić information content (AvgIpc) is 3.54. The molecule has 2 bridgehead atoms. The van der Waals surface area contributed by atoms with Gasteiger partial charge in [0.2, 0.25) is 5.79 Å². The predicted molar refractivity (Wildman–Crippen MR) is 312 cm³/mol. The molecule has 0 aromatic rings. The maximum Gasteiger partial charge on any atom is 0.407 e. The number of hydrogen-bond donors (Lipinski definition) is 4. The third kappa shape index (κ3) is 21.0. The number of piperidine rings is 1. The van der Waals surface area contributed by atoms with Crippen LogP contribution in [0, 0.1) is 29.6 Å². The highest BCUT2D eigenvalue weighted by atomic mass is 16.6. The summed E-state index contributed by atoms with van der Waals surface area (Å²) in [7, 11) is 6.60. The van der Waals surface area contributed by atoms with E-state index < -0.39 is 102 Å². The van der Waals surface area contributed by atoms with Crippen LogP contribution in [-0.4, -0.2) is 221 Å². The van der Waals surface area contributed by atoms with Crippen LogP contribution >= 0.6 is 0 Å². The van der Waals surface area contributed by atoms with Gasteiger partial charge in [0, 0.05) is 104 Å². The van der Waals surface area contributed by atoms with Crippen LogP contribution in [-0.2, 0) is 61.9 Å². The molecule has 15 atom stereocenters. The molecular weight excluding hydrogens is 1070 g/mol. The molecule has 0 radical (unpaired) electrons. The summed E-state index contributed by atoms with van der Waals surface area (Å²) in [6.45, 7) is 17.7. The molecule has 5 aliphatic rings. The van der Waals surface area contributed by atoms with Gasteiger partial charge < -0.3 is 69.0 Å². The lowest BCUT2D eigenvalue weighted by Crippen LogP contribution is -2.61. The summed E-state index contributed by atoms with van der Waals surface area (Å²) in [5, 5.41) is 26.4. The monoisotopic (exact) mass is 1170 g/mol. The van der Waals surface area contributed by atoms with Gasteiger partial charge in [0.15, 0.2) is 5.78 Å². The summed E-state index contributed by atoms with van der Waals surface area (Å²) < 4.78 is 46.9. The number of ether oxygens (including phenoxy) is 8. The first-order chi connectivity index (χ1) is 39.6. The van der Waals surface area contributed by atoms with E-state index in [0.717, 1.165) is 43.2 Å². The number of aliphatic hydroxyl groups excluding tert-OH is 1. The zero-order valence-electron chi connectivity index (χ0n) is 51.3. The minimum Gasteiger partial charge on any atom is -0.459 e. The molecule has 2 amide bonds. The highest BCUT2D eigenvalue weighted by molar-refractivity contribution is 6.39. The number of methoxy groups -OCH3 is 3. The molecule has 0 aromatic carbocycles. The Hall–Kier alpha value is -4.26. The van der Waals surface area contributed by atoms with Gasteiger partial charge in [-0.2, -0.15) is 0 Å². The van der Waals surface area contributed by atoms with Crippen LogP contribution < -0.4 is 11.1 Å². The number of piperazine rings is 1. The molecule has 5 N–H and O–H groups in total. The molecule has 4 heterocycles. The van der Waals surface area contributed by atoms with Gasteiger partial charge >= 0.3 is 12.1 Å². The molecule has 5 rings (SSSR count). The van der Waals surface area contributed by atoms with Crippen molar-refractivity contribution in [3.63, 3.8) is 0 Å². The topological polar surface area (TPSA) is 264 Å². The zero-order valence-corrected chi connectivity index (χ0v) is 51.3. The number of aliphatic hydroxyl groups is 2. The van der Waals surface area contributed by atoms with Crippen molar-refractivity contribution in [1.82, 2.24) is 20.0 Å². The predicted octanol–water partition coefficient (Wildman–Crippen LogP) is 4.89. The van der Waals surface area contributed by atoms with Crippen molar-refractivity contribution >= 4 is 35.3 Å². The van der Waals surface area contributed by atoms with Crippen molar-refractivity contribution in [2.45, 2.75) is 179 Å². The number of rotatable bonds is 16. The average molecular weight is 1170 g/mol. The van der Waals surface area contributed by atoms with E-state index in [9.17, 15) is 39.0 Å². The van der Waals surface area contributed by atoms with Crippen molar-refractivity contribution in [1.29, 1.82) is 0 Å². The fraction of sp³-hybridized carbons (Fsp3) is 0.774. The Balaban J connectivity index is 1.30. The van der Waals surface area contributed by atoms with Crippen LogP contribution in [0.25, 0.3) is 0 Å². The quantitative estimate of drug-likeness (QED) is 0.0694. The van der Waals surface area contributed by atoms with Crippen LogP contribution in [0.3, 0.4) is 0 Å². The van der Waals surface area contributed by atoms with Crippen molar-refractivity contribution < 1.29 is 76.9 Å². The first kappa shape index (κ1) is 69.5. The number of alkyl carbamates (subject to hydrolysis) is 1. The van der Waals surface area contributed by atoms with E-state index in [-0.39, 0.29) is 68.8 Å². The summed E-state index contributed by atoms with van der Waals surface area (Å²) >= 11 is 0. The summed E-state index contributed by atoms with van der Waals surface area (Å²) in [6.07, 6.45) is 8.73. The number of nitrogens with two attached hydrogens (primary N) is 1. The molecule has 1 aliphatic carbocycles. The maximum absolute atomic E-state index is 14.6. The minimum atomic E-state index is -2.48. The van der Waals surface area contributed by atoms with Gasteiger partial charge in [-0.05, 0) is 108 Å². The number of likely N-dealkylation sites (N-methyl/N-ethyl adjacent to an activating group) is 1. The lowest BCUT2D eigenvalue weighted by molar-refractivity contribution is -0.265. The number of nitrogens with zero attached hydrogens (tertiary/aromatic N) is 3. The lowest BCUT2D eigenvalue weighted by Gasteiger charge is -2.42. The highest BCUT2D eigenvalue weighted by Gasteiger charge is 2.53. The Labute approximate surface area is 493 Å². The second kappa shape index (κ2) is 34.8. The fourth-order valence-electron chi connectivity index (χ4n) is 12.0. The van der Waals surface area contributed by atoms with Gasteiger partial charge in [-0.15, -0.1) is 0 Å². The van der Waals surface area contributed by atoms with E-state index in [4.69, 9.17) is 43.6 Å². The number of amides is 2. The van der Waals surface area contributed by atoms with Crippen LogP contribution in [0.2, 0.25) is 0 Å². The molecule has 4 fully saturated rings. The van der Waals surface area contributed by atoms with E-state index in [1.165, 1.54) is 7.11 Å². The molecule has 83 heavy (non-hydrogen) atoms. The molecule has 3 saturated heterocycles. The first-order valence-corrected chi connectivity index (χ1v) is 30.4. The number of ketones is 3. The number of cyclic esters (lactones) is 1. The number of Topliss-reactive ketones (excluding diaryl/α,β-unsaturated/α-hetero) is 3. The first-order valence-electron chi connectivity index (χ1n) is 30.4. The SMILES string of the molecule is CO[C@H]1C[C@@H]2CC[C@@H](C)[C@@](O)(O2)C(=O)C(=O)N2CCCC[C@H]2C(=O)O[C@H]([C@H](N)C[C@@H]2CC[C@@H](OC(=O)NCCOCCOCCN3CCN(C)CC3)[C@H](OC)C2)CC(=O)[C@H](C)/C=C(\C)[C@@H](O)[C@@H](OC)C(=O)[C@H](C)C[C@H](C)/C=C/C=CC=C1C. The van der Waals surface area contributed by atoms with Gasteiger partial charge in [-0.25, -0.2) is 9.59 Å². The van der Waals surface area contributed by atoms with Gasteiger partial charge in [0.25, 0.3) is 11.7 Å². The molecule has 470 valence electrons. The molecule has 21 heteroatoms. The van der Waals surface area contributed by atoms with Gasteiger partial charge in [0.1, 0.15) is 36.2 Å². The third-order valence-electron chi connectivity index (χ3n) is 17.5. The summed E-state index contributed by atoms with van der Waals surface area (Å²) in [4.78, 5) is 90.3. The highest BCUT2D eigenvalue weighted by Crippen LogP contribution is 2.37. The molecular formula is C62H101N5O16. The molecule has 4 aliphatic heterocycles. The third-order valence-corrected chi connectivity index (χ3v) is 17.5. The number of fused-ring (bicyclic) bond motifs is 3. The Morgan fingerprint density at radius 3 is 2.24 bits per heavy atom. The molecule has 0 unspecified atom stereocenters. The van der Waals surface area contributed by atoms with Crippen molar-refractivity contribution in [2.24, 2.45) is 35.3 Å². The fourth-order valence-corrected chi connectivity index (χ4v) is 12.0. The smallest absolute Gasteiger partial charge is 0.407 e. The summed E-state index contributed by atoms with van der Waals surface area (Å²) in [5.41, 5.74) is 8.20. The number of allylic oxidation sites excluding steroid dienone is 6. The second-order valence-corrected chi connectivity index (χ2v) is 24.0.